The molecule has 1 N–H and O–H groups in total. The highest BCUT2D eigenvalue weighted by Gasteiger charge is 2.15. The lowest BCUT2D eigenvalue weighted by Crippen LogP contribution is -2.31. The van der Waals surface area contributed by atoms with Gasteiger partial charge in [-0.1, -0.05) is 29.8 Å². The topological polar surface area (TPSA) is 42.0 Å². The Balaban J connectivity index is 2.56. The molecule has 0 aliphatic heterocycles. The van der Waals surface area contributed by atoms with Gasteiger partial charge in [0.1, 0.15) is 4.88 Å². The van der Waals surface area contributed by atoms with E-state index in [0.29, 0.717) is 17.3 Å². The molecule has 1 unspecified atom stereocenters. The molecule has 1 aromatic heterocycles. The number of hydrogen-bond donors (Lipinski definition) is 1. The van der Waals surface area contributed by atoms with Crippen LogP contribution in [0.1, 0.15) is 34.2 Å². The fraction of sp³-hybridized carbons (Fsp3) is 0.636. The average Bonchev–Trinajstić information content (AvgIpc) is 2.53. The highest BCUT2D eigenvalue weighted by Crippen LogP contribution is 2.17. The molecular weight excluding hydrogens is 288 g/mol. The van der Waals surface area contributed by atoms with Gasteiger partial charge in [0.25, 0.3) is 5.91 Å². The summed E-state index contributed by atoms with van der Waals surface area (Å²) in [6.45, 7) is 8.66. The second-order valence-electron chi connectivity index (χ2n) is 4.12. The first-order valence-corrected chi connectivity index (χ1v) is 7.01. The van der Waals surface area contributed by atoms with Crippen molar-refractivity contribution in [2.75, 3.05) is 6.54 Å². The first-order chi connectivity index (χ1) is 7.41. The number of amides is 1. The molecule has 0 saturated carbocycles. The number of aromatic nitrogens is 1. The van der Waals surface area contributed by atoms with Crippen molar-refractivity contribution in [3.8, 4) is 0 Å². The summed E-state index contributed by atoms with van der Waals surface area (Å²) >= 11 is 4.98. The summed E-state index contributed by atoms with van der Waals surface area (Å²) in [7, 11) is 0. The fourth-order valence-corrected chi connectivity index (χ4v) is 2.25. The van der Waals surface area contributed by atoms with E-state index >= 15 is 0 Å². The predicted octanol–water partition coefficient (Wildman–Crippen LogP) is 2.91. The van der Waals surface area contributed by atoms with Gasteiger partial charge in [-0.15, -0.1) is 11.3 Å². The zero-order valence-corrected chi connectivity index (χ0v) is 12.4. The van der Waals surface area contributed by atoms with Gasteiger partial charge in [-0.25, -0.2) is 4.98 Å². The van der Waals surface area contributed by atoms with Crippen LogP contribution < -0.4 is 5.32 Å². The van der Waals surface area contributed by atoms with Crippen LogP contribution >= 0.6 is 27.3 Å². The number of alkyl halides is 1. The van der Waals surface area contributed by atoms with Crippen LogP contribution in [0.25, 0.3) is 0 Å². The van der Waals surface area contributed by atoms with Crippen molar-refractivity contribution in [3.05, 3.63) is 15.6 Å². The van der Waals surface area contributed by atoms with Crippen LogP contribution in [-0.2, 0) is 0 Å². The SMILES string of the molecule is Cc1nc(C)c(C(=O)NCC(Br)C(C)C)s1. The third-order valence-electron chi connectivity index (χ3n) is 2.29. The number of thiazole rings is 1. The van der Waals surface area contributed by atoms with E-state index in [9.17, 15) is 4.79 Å². The Morgan fingerprint density at radius 2 is 2.12 bits per heavy atom. The Labute approximate surface area is 109 Å². The molecule has 5 heteroatoms. The van der Waals surface area contributed by atoms with Crippen molar-refractivity contribution in [1.82, 2.24) is 10.3 Å². The molecule has 0 aliphatic carbocycles. The van der Waals surface area contributed by atoms with E-state index < -0.39 is 0 Å². The first-order valence-electron chi connectivity index (χ1n) is 5.28. The lowest BCUT2D eigenvalue weighted by molar-refractivity contribution is 0.0956. The van der Waals surface area contributed by atoms with Gasteiger partial charge in [-0.05, 0) is 19.8 Å². The second kappa shape index (κ2) is 5.77. The fourth-order valence-electron chi connectivity index (χ4n) is 1.25. The number of aryl methyl sites for hydroxylation is 2. The highest BCUT2D eigenvalue weighted by atomic mass is 79.9. The number of nitrogens with zero attached hydrogens (tertiary/aromatic N) is 1. The normalized spacial score (nSPS) is 12.9. The van der Waals surface area contributed by atoms with Gasteiger partial charge >= 0.3 is 0 Å². The second-order valence-corrected chi connectivity index (χ2v) is 6.50. The lowest BCUT2D eigenvalue weighted by Gasteiger charge is -2.13. The smallest absolute Gasteiger partial charge is 0.263 e. The maximum absolute atomic E-state index is 11.8. The molecule has 1 amide bonds. The van der Waals surface area contributed by atoms with E-state index in [1.165, 1.54) is 11.3 Å². The minimum atomic E-state index is -0.0202. The molecule has 0 fully saturated rings. The molecule has 1 aromatic rings. The van der Waals surface area contributed by atoms with E-state index in [0.717, 1.165) is 15.6 Å². The third-order valence-corrected chi connectivity index (χ3v) is 4.74. The Kier molecular flexibility index (Phi) is 4.92. The summed E-state index contributed by atoms with van der Waals surface area (Å²) in [6, 6.07) is 0. The Hall–Kier alpha value is -0.420. The van der Waals surface area contributed by atoms with Crippen molar-refractivity contribution < 1.29 is 4.79 Å². The molecule has 16 heavy (non-hydrogen) atoms. The van der Waals surface area contributed by atoms with Crippen molar-refractivity contribution in [2.45, 2.75) is 32.5 Å². The molecule has 0 aliphatic rings. The maximum atomic E-state index is 11.8. The summed E-state index contributed by atoms with van der Waals surface area (Å²) in [4.78, 5) is 17.1. The molecule has 0 radical (unpaired) electrons. The van der Waals surface area contributed by atoms with Gasteiger partial charge in [-0.2, -0.15) is 0 Å². The van der Waals surface area contributed by atoms with Crippen molar-refractivity contribution >= 4 is 33.2 Å². The minimum absolute atomic E-state index is 0.0202. The van der Waals surface area contributed by atoms with Crippen molar-refractivity contribution in [3.63, 3.8) is 0 Å². The standard InChI is InChI=1S/C11H17BrN2OS/c1-6(2)9(12)5-13-11(15)10-7(3)14-8(4)16-10/h6,9H,5H2,1-4H3,(H,13,15). The highest BCUT2D eigenvalue weighted by molar-refractivity contribution is 9.09. The van der Waals surface area contributed by atoms with Gasteiger partial charge in [-0.3, -0.25) is 4.79 Å². The molecule has 0 spiro atoms. The number of halogens is 1. The molecule has 0 saturated heterocycles. The van der Waals surface area contributed by atoms with Crippen LogP contribution in [0.5, 0.6) is 0 Å². The van der Waals surface area contributed by atoms with E-state index in [2.05, 4.69) is 40.1 Å². The molecule has 0 aromatic carbocycles. The molecule has 0 bridgehead atoms. The summed E-state index contributed by atoms with van der Waals surface area (Å²) in [6.07, 6.45) is 0. The van der Waals surface area contributed by atoms with Gasteiger partial charge < -0.3 is 5.32 Å². The van der Waals surface area contributed by atoms with Gasteiger partial charge in [0.05, 0.1) is 10.7 Å². The molecular formula is C11H17BrN2OS. The summed E-state index contributed by atoms with van der Waals surface area (Å²) in [5.74, 6) is 0.484. The van der Waals surface area contributed by atoms with Gasteiger partial charge in [0.15, 0.2) is 0 Å². The van der Waals surface area contributed by atoms with Crippen molar-refractivity contribution in [2.24, 2.45) is 5.92 Å². The van der Waals surface area contributed by atoms with Crippen LogP contribution in [0.2, 0.25) is 0 Å². The Morgan fingerprint density at radius 3 is 2.56 bits per heavy atom. The van der Waals surface area contributed by atoms with E-state index in [1.807, 2.05) is 13.8 Å². The third kappa shape index (κ3) is 3.56. The first kappa shape index (κ1) is 13.6. The average molecular weight is 305 g/mol. The number of carbonyl (C=O) groups excluding carboxylic acids is 1. The molecule has 1 atom stereocenters. The Morgan fingerprint density at radius 1 is 1.50 bits per heavy atom. The zero-order valence-electron chi connectivity index (χ0n) is 10.0. The predicted molar refractivity (Wildman–Crippen MR) is 71.5 cm³/mol. The number of carbonyl (C=O) groups is 1. The van der Waals surface area contributed by atoms with Crippen LogP contribution in [0.15, 0.2) is 0 Å². The van der Waals surface area contributed by atoms with Gasteiger partial charge in [0.2, 0.25) is 0 Å². The molecule has 90 valence electrons. The quantitative estimate of drug-likeness (QED) is 0.869. The van der Waals surface area contributed by atoms with Gasteiger partial charge in [0, 0.05) is 11.4 Å². The van der Waals surface area contributed by atoms with E-state index in [4.69, 9.17) is 0 Å². The zero-order chi connectivity index (χ0) is 12.3. The lowest BCUT2D eigenvalue weighted by atomic mass is 10.1. The van der Waals surface area contributed by atoms with Crippen LogP contribution in [0.4, 0.5) is 0 Å². The van der Waals surface area contributed by atoms with Crippen LogP contribution in [0.3, 0.4) is 0 Å². The molecule has 3 nitrogen and oxygen atoms in total. The maximum Gasteiger partial charge on any atom is 0.263 e. The monoisotopic (exact) mass is 304 g/mol. The molecule has 1 rings (SSSR count). The molecule has 1 heterocycles. The van der Waals surface area contributed by atoms with Crippen molar-refractivity contribution in [1.29, 1.82) is 0 Å². The summed E-state index contributed by atoms with van der Waals surface area (Å²) in [5.41, 5.74) is 0.815. The summed E-state index contributed by atoms with van der Waals surface area (Å²) in [5, 5.41) is 3.85. The van der Waals surface area contributed by atoms with E-state index in [1.54, 1.807) is 0 Å². The van der Waals surface area contributed by atoms with Crippen LogP contribution in [0, 0.1) is 19.8 Å². The summed E-state index contributed by atoms with van der Waals surface area (Å²) < 4.78 is 0. The Bertz CT molecular complexity index is 376. The number of rotatable bonds is 4. The number of hydrogen-bond acceptors (Lipinski definition) is 3. The van der Waals surface area contributed by atoms with E-state index in [-0.39, 0.29) is 5.91 Å². The minimum Gasteiger partial charge on any atom is -0.350 e. The number of nitrogens with one attached hydrogen (secondary N) is 1. The van der Waals surface area contributed by atoms with Crippen LogP contribution in [-0.4, -0.2) is 22.3 Å². The largest absolute Gasteiger partial charge is 0.350 e.